The third-order valence-corrected chi connectivity index (χ3v) is 4.59. The molecular weight excluding hydrogens is 339 g/mol. The molecule has 1 unspecified atom stereocenters. The van der Waals surface area contributed by atoms with Crippen LogP contribution in [0.25, 0.3) is 0 Å². The van der Waals surface area contributed by atoms with Crippen LogP contribution in [0.1, 0.15) is 36.0 Å². The average Bonchev–Trinajstić information content (AvgIpc) is 3.13. The lowest BCUT2D eigenvalue weighted by atomic mass is 10.1. The Kier molecular flexibility index (Phi) is 3.97. The molecule has 0 aromatic heterocycles. The van der Waals surface area contributed by atoms with Gasteiger partial charge in [0.15, 0.2) is 0 Å². The van der Waals surface area contributed by atoms with Gasteiger partial charge >= 0.3 is 0 Å². The SMILES string of the molecule is O=C(NC1CC1)C1CCCN1C(=O)c1cc(F)ccc1Br. The smallest absolute Gasteiger partial charge is 0.255 e. The standard InChI is InChI=1S/C15H16BrFN2O2/c16-12-6-3-9(17)8-11(12)15(21)19-7-1-2-13(19)14(20)18-10-4-5-10/h3,6,8,10,13H,1-2,4-5,7H2,(H,18,20). The largest absolute Gasteiger partial charge is 0.352 e. The third-order valence-electron chi connectivity index (χ3n) is 3.90. The van der Waals surface area contributed by atoms with Crippen LogP contribution < -0.4 is 5.32 Å². The minimum atomic E-state index is -0.459. The number of nitrogens with one attached hydrogen (secondary N) is 1. The number of benzene rings is 1. The van der Waals surface area contributed by atoms with E-state index in [-0.39, 0.29) is 23.4 Å². The topological polar surface area (TPSA) is 49.4 Å². The fourth-order valence-electron chi connectivity index (χ4n) is 2.62. The molecule has 1 aromatic carbocycles. The molecule has 2 aliphatic rings. The molecule has 2 amide bonds. The van der Waals surface area contributed by atoms with E-state index in [0.717, 1.165) is 19.3 Å². The second-order valence-electron chi connectivity index (χ2n) is 5.56. The lowest BCUT2D eigenvalue weighted by molar-refractivity contribution is -0.125. The van der Waals surface area contributed by atoms with Crippen LogP contribution in [0.3, 0.4) is 0 Å². The number of halogens is 2. The Morgan fingerprint density at radius 2 is 2.05 bits per heavy atom. The van der Waals surface area contributed by atoms with Crippen molar-refractivity contribution in [2.24, 2.45) is 0 Å². The third kappa shape index (κ3) is 3.10. The number of carbonyl (C=O) groups is 2. The Morgan fingerprint density at radius 3 is 2.76 bits per heavy atom. The summed E-state index contributed by atoms with van der Waals surface area (Å²) in [4.78, 5) is 26.3. The normalized spacial score (nSPS) is 21.4. The summed E-state index contributed by atoms with van der Waals surface area (Å²) in [5, 5.41) is 2.94. The van der Waals surface area contributed by atoms with E-state index >= 15 is 0 Å². The molecule has 2 fully saturated rings. The van der Waals surface area contributed by atoms with Crippen molar-refractivity contribution in [2.45, 2.75) is 37.8 Å². The van der Waals surface area contributed by atoms with Crippen molar-refractivity contribution in [2.75, 3.05) is 6.54 Å². The molecule has 3 rings (SSSR count). The molecule has 1 saturated carbocycles. The van der Waals surface area contributed by atoms with E-state index in [1.54, 1.807) is 4.90 Å². The molecule has 6 heteroatoms. The first-order chi connectivity index (χ1) is 10.1. The number of hydrogen-bond donors (Lipinski definition) is 1. The predicted molar refractivity (Wildman–Crippen MR) is 79.3 cm³/mol. The summed E-state index contributed by atoms with van der Waals surface area (Å²) in [6.07, 6.45) is 3.49. The molecule has 1 aliphatic carbocycles. The van der Waals surface area contributed by atoms with Gasteiger partial charge in [-0.1, -0.05) is 0 Å². The van der Waals surface area contributed by atoms with Gasteiger partial charge < -0.3 is 10.2 Å². The number of amides is 2. The average molecular weight is 355 g/mol. The molecule has 21 heavy (non-hydrogen) atoms. The van der Waals surface area contributed by atoms with Crippen molar-refractivity contribution in [3.8, 4) is 0 Å². The fraction of sp³-hybridized carbons (Fsp3) is 0.467. The molecule has 112 valence electrons. The molecular formula is C15H16BrFN2O2. The van der Waals surface area contributed by atoms with Crippen LogP contribution in [0.15, 0.2) is 22.7 Å². The lowest BCUT2D eigenvalue weighted by Crippen LogP contribution is -2.46. The number of carbonyl (C=O) groups excluding carboxylic acids is 2. The number of rotatable bonds is 3. The second kappa shape index (κ2) is 5.75. The Labute approximate surface area is 130 Å². The molecule has 1 heterocycles. The van der Waals surface area contributed by atoms with Crippen LogP contribution >= 0.6 is 15.9 Å². The maximum absolute atomic E-state index is 13.4. The highest BCUT2D eigenvalue weighted by molar-refractivity contribution is 9.10. The number of hydrogen-bond acceptors (Lipinski definition) is 2. The first kappa shape index (κ1) is 14.5. The lowest BCUT2D eigenvalue weighted by Gasteiger charge is -2.24. The molecule has 4 nitrogen and oxygen atoms in total. The zero-order chi connectivity index (χ0) is 15.0. The highest BCUT2D eigenvalue weighted by Gasteiger charge is 2.37. The Balaban J connectivity index is 1.78. The monoisotopic (exact) mass is 354 g/mol. The summed E-state index contributed by atoms with van der Waals surface area (Å²) in [6, 6.07) is 3.85. The minimum absolute atomic E-state index is 0.0872. The molecule has 0 bridgehead atoms. The van der Waals surface area contributed by atoms with E-state index in [1.807, 2.05) is 0 Å². The zero-order valence-electron chi connectivity index (χ0n) is 11.4. The number of nitrogens with zero attached hydrogens (tertiary/aromatic N) is 1. The summed E-state index contributed by atoms with van der Waals surface area (Å²) in [7, 11) is 0. The predicted octanol–water partition coefficient (Wildman–Crippen LogP) is 2.47. The van der Waals surface area contributed by atoms with Crippen molar-refractivity contribution >= 4 is 27.7 Å². The maximum Gasteiger partial charge on any atom is 0.255 e. The van der Waals surface area contributed by atoms with Crippen molar-refractivity contribution in [1.82, 2.24) is 10.2 Å². The van der Waals surface area contributed by atoms with Crippen molar-refractivity contribution < 1.29 is 14.0 Å². The summed E-state index contributed by atoms with van der Waals surface area (Å²) in [5.41, 5.74) is 0.265. The Morgan fingerprint density at radius 1 is 1.29 bits per heavy atom. The van der Waals surface area contributed by atoms with Gasteiger partial charge in [-0.2, -0.15) is 0 Å². The molecule has 1 aliphatic heterocycles. The van der Waals surface area contributed by atoms with Crippen LogP contribution in [-0.4, -0.2) is 35.3 Å². The molecule has 1 atom stereocenters. The van der Waals surface area contributed by atoms with E-state index < -0.39 is 11.9 Å². The summed E-state index contributed by atoms with van der Waals surface area (Å²) in [5.74, 6) is -0.842. The minimum Gasteiger partial charge on any atom is -0.352 e. The molecule has 0 radical (unpaired) electrons. The van der Waals surface area contributed by atoms with E-state index in [9.17, 15) is 14.0 Å². The van der Waals surface area contributed by atoms with Gasteiger partial charge in [0.25, 0.3) is 5.91 Å². The van der Waals surface area contributed by atoms with Crippen molar-refractivity contribution in [3.63, 3.8) is 0 Å². The summed E-state index contributed by atoms with van der Waals surface area (Å²) >= 11 is 3.27. The first-order valence-electron chi connectivity index (χ1n) is 7.12. The van der Waals surface area contributed by atoms with Crippen LogP contribution in [0.4, 0.5) is 4.39 Å². The highest BCUT2D eigenvalue weighted by atomic mass is 79.9. The quantitative estimate of drug-likeness (QED) is 0.906. The van der Waals surface area contributed by atoms with Gasteiger partial charge in [-0.15, -0.1) is 0 Å². The van der Waals surface area contributed by atoms with Gasteiger partial charge in [-0.05, 0) is 59.8 Å². The number of likely N-dealkylation sites (tertiary alicyclic amines) is 1. The summed E-state index contributed by atoms with van der Waals surface area (Å²) < 4.78 is 13.9. The van der Waals surface area contributed by atoms with Crippen LogP contribution in [0, 0.1) is 5.82 Å². The Bertz CT molecular complexity index is 589. The first-order valence-corrected chi connectivity index (χ1v) is 7.92. The fourth-order valence-corrected chi connectivity index (χ4v) is 3.04. The molecule has 1 N–H and O–H groups in total. The van der Waals surface area contributed by atoms with Gasteiger partial charge in [0, 0.05) is 17.1 Å². The second-order valence-corrected chi connectivity index (χ2v) is 6.42. The van der Waals surface area contributed by atoms with Crippen molar-refractivity contribution in [1.29, 1.82) is 0 Å². The highest BCUT2D eigenvalue weighted by Crippen LogP contribution is 2.26. The van der Waals surface area contributed by atoms with Crippen LogP contribution in [-0.2, 0) is 4.79 Å². The van der Waals surface area contributed by atoms with E-state index in [0.29, 0.717) is 17.4 Å². The zero-order valence-corrected chi connectivity index (χ0v) is 13.0. The van der Waals surface area contributed by atoms with Gasteiger partial charge in [0.05, 0.1) is 5.56 Å². The Hall–Kier alpha value is -1.43. The van der Waals surface area contributed by atoms with Gasteiger partial charge in [0.1, 0.15) is 11.9 Å². The van der Waals surface area contributed by atoms with E-state index in [1.165, 1.54) is 18.2 Å². The van der Waals surface area contributed by atoms with Crippen LogP contribution in [0.2, 0.25) is 0 Å². The van der Waals surface area contributed by atoms with E-state index in [4.69, 9.17) is 0 Å². The van der Waals surface area contributed by atoms with Gasteiger partial charge in [0.2, 0.25) is 5.91 Å². The van der Waals surface area contributed by atoms with Crippen LogP contribution in [0.5, 0.6) is 0 Å². The van der Waals surface area contributed by atoms with Crippen molar-refractivity contribution in [3.05, 3.63) is 34.1 Å². The maximum atomic E-state index is 13.4. The summed E-state index contributed by atoms with van der Waals surface area (Å²) in [6.45, 7) is 0.532. The van der Waals surface area contributed by atoms with Gasteiger partial charge in [-0.3, -0.25) is 9.59 Å². The van der Waals surface area contributed by atoms with E-state index in [2.05, 4.69) is 21.2 Å². The molecule has 1 aromatic rings. The molecule has 0 spiro atoms. The van der Waals surface area contributed by atoms with Gasteiger partial charge in [-0.25, -0.2) is 4.39 Å². The molecule has 1 saturated heterocycles.